The number of hydrogen-bond acceptors (Lipinski definition) is 4. The summed E-state index contributed by atoms with van der Waals surface area (Å²) in [6, 6.07) is 0. The van der Waals surface area contributed by atoms with Crippen molar-refractivity contribution >= 4 is 11.9 Å². The van der Waals surface area contributed by atoms with E-state index in [2.05, 4.69) is 19.9 Å². The maximum atomic E-state index is 10.5. The lowest BCUT2D eigenvalue weighted by molar-refractivity contribution is 0.0674. The molecule has 8 heteroatoms. The zero-order chi connectivity index (χ0) is 11.7. The zero-order valence-electron chi connectivity index (χ0n) is 7.76. The molecule has 0 aliphatic carbocycles. The summed E-state index contributed by atoms with van der Waals surface area (Å²) in [6.07, 6.45) is 2.56. The van der Waals surface area contributed by atoms with Gasteiger partial charge in [-0.1, -0.05) is 0 Å². The molecule has 0 saturated heterocycles. The van der Waals surface area contributed by atoms with Crippen molar-refractivity contribution in [2.75, 3.05) is 0 Å². The van der Waals surface area contributed by atoms with E-state index < -0.39 is 11.9 Å². The first-order chi connectivity index (χ1) is 7.58. The molecule has 4 N–H and O–H groups in total. The molecule has 0 radical (unpaired) electrons. The van der Waals surface area contributed by atoms with E-state index in [1.54, 1.807) is 0 Å². The summed E-state index contributed by atoms with van der Waals surface area (Å²) in [7, 11) is 0. The van der Waals surface area contributed by atoms with Crippen LogP contribution in [-0.4, -0.2) is 42.1 Å². The Morgan fingerprint density at radius 1 is 0.938 bits per heavy atom. The van der Waals surface area contributed by atoms with Gasteiger partial charge in [-0.05, 0) is 0 Å². The molecule has 0 bridgehead atoms. The number of carboxylic acids is 2. The van der Waals surface area contributed by atoms with Crippen LogP contribution in [0.4, 0.5) is 0 Å². The van der Waals surface area contributed by atoms with Crippen molar-refractivity contribution in [3.8, 4) is 11.4 Å². The van der Waals surface area contributed by atoms with Crippen molar-refractivity contribution in [3.63, 3.8) is 0 Å². The Balaban J connectivity index is 2.35. The largest absolute Gasteiger partial charge is 0.475 e. The number of H-pyrrole nitrogens is 2. The first-order valence-corrected chi connectivity index (χ1v) is 4.15. The minimum Gasteiger partial charge on any atom is -0.475 e. The summed E-state index contributed by atoms with van der Waals surface area (Å²) in [5, 5.41) is 17.2. The highest BCUT2D eigenvalue weighted by molar-refractivity contribution is 5.85. The van der Waals surface area contributed by atoms with Gasteiger partial charge in [0.05, 0.1) is 23.8 Å². The molecule has 82 valence electrons. The molecule has 0 saturated carbocycles. The Hall–Kier alpha value is -2.64. The smallest absolute Gasteiger partial charge is 0.371 e. The Labute approximate surface area is 88.0 Å². The number of imidazole rings is 2. The van der Waals surface area contributed by atoms with E-state index in [0.717, 1.165) is 0 Å². The summed E-state index contributed by atoms with van der Waals surface area (Å²) >= 11 is 0. The van der Waals surface area contributed by atoms with Gasteiger partial charge in [0.15, 0.2) is 0 Å². The quantitative estimate of drug-likeness (QED) is 0.586. The lowest BCUT2D eigenvalue weighted by Gasteiger charge is -1.89. The van der Waals surface area contributed by atoms with Crippen LogP contribution in [0.25, 0.3) is 11.4 Å². The van der Waals surface area contributed by atoms with E-state index >= 15 is 0 Å². The third kappa shape index (κ3) is 1.63. The molecule has 8 nitrogen and oxygen atoms in total. The SMILES string of the molecule is O=C(O)c1ncc(-c2cnc(C(=O)O)[nH]2)[nH]1. The van der Waals surface area contributed by atoms with Crippen molar-refractivity contribution in [1.29, 1.82) is 0 Å². The number of carboxylic acid groups (broad SMARTS) is 2. The third-order valence-corrected chi connectivity index (χ3v) is 1.85. The van der Waals surface area contributed by atoms with Crippen LogP contribution in [0.1, 0.15) is 21.2 Å². The van der Waals surface area contributed by atoms with Crippen molar-refractivity contribution in [2.24, 2.45) is 0 Å². The molecule has 0 aliphatic rings. The Morgan fingerprint density at radius 3 is 1.56 bits per heavy atom. The fourth-order valence-electron chi connectivity index (χ4n) is 1.13. The highest BCUT2D eigenvalue weighted by Crippen LogP contribution is 2.14. The lowest BCUT2D eigenvalue weighted by atomic mass is 10.4. The summed E-state index contributed by atoms with van der Waals surface area (Å²) < 4.78 is 0. The minimum atomic E-state index is -1.19. The van der Waals surface area contributed by atoms with Gasteiger partial charge < -0.3 is 20.2 Å². The number of rotatable bonds is 3. The minimum absolute atomic E-state index is 0.221. The molecular formula is C8H6N4O4. The number of aromatic amines is 2. The van der Waals surface area contributed by atoms with Crippen LogP contribution in [0.2, 0.25) is 0 Å². The third-order valence-electron chi connectivity index (χ3n) is 1.85. The van der Waals surface area contributed by atoms with E-state index in [9.17, 15) is 9.59 Å². The van der Waals surface area contributed by atoms with E-state index in [4.69, 9.17) is 10.2 Å². The van der Waals surface area contributed by atoms with Gasteiger partial charge >= 0.3 is 11.9 Å². The summed E-state index contributed by atoms with van der Waals surface area (Å²) in [4.78, 5) is 33.3. The fraction of sp³-hybridized carbons (Fsp3) is 0. The van der Waals surface area contributed by atoms with Crippen LogP contribution in [0.15, 0.2) is 12.4 Å². The van der Waals surface area contributed by atoms with Gasteiger partial charge in [0, 0.05) is 0 Å². The Bertz CT molecular complexity index is 506. The van der Waals surface area contributed by atoms with Crippen molar-refractivity contribution in [2.45, 2.75) is 0 Å². The highest BCUT2D eigenvalue weighted by Gasteiger charge is 2.13. The number of carbonyl (C=O) groups is 2. The second kappa shape index (κ2) is 3.50. The number of aromatic nitrogens is 4. The van der Waals surface area contributed by atoms with Crippen LogP contribution in [-0.2, 0) is 0 Å². The molecular weight excluding hydrogens is 216 g/mol. The predicted octanol–water partition coefficient (Wildman–Crippen LogP) is 0.196. The van der Waals surface area contributed by atoms with Gasteiger partial charge in [-0.15, -0.1) is 0 Å². The molecule has 0 aliphatic heterocycles. The summed E-state index contributed by atoms with van der Waals surface area (Å²) in [6.45, 7) is 0. The van der Waals surface area contributed by atoms with Gasteiger partial charge in [0.2, 0.25) is 11.6 Å². The maximum absolute atomic E-state index is 10.5. The van der Waals surface area contributed by atoms with Crippen molar-refractivity contribution in [1.82, 2.24) is 19.9 Å². The first kappa shape index (κ1) is 9.90. The zero-order valence-corrected chi connectivity index (χ0v) is 7.76. The number of hydrogen-bond donors (Lipinski definition) is 4. The molecule has 0 fully saturated rings. The van der Waals surface area contributed by atoms with Gasteiger partial charge in [0.1, 0.15) is 0 Å². The summed E-state index contributed by atoms with van der Waals surface area (Å²) in [5.41, 5.74) is 0.717. The van der Waals surface area contributed by atoms with Crippen LogP contribution in [0.3, 0.4) is 0 Å². The average molecular weight is 222 g/mol. The van der Waals surface area contributed by atoms with Gasteiger partial charge in [-0.2, -0.15) is 0 Å². The number of nitrogens with one attached hydrogen (secondary N) is 2. The van der Waals surface area contributed by atoms with Gasteiger partial charge in [0.25, 0.3) is 0 Å². The van der Waals surface area contributed by atoms with Gasteiger partial charge in [-0.25, -0.2) is 19.6 Å². The van der Waals surface area contributed by atoms with Crippen LogP contribution in [0.5, 0.6) is 0 Å². The highest BCUT2D eigenvalue weighted by atomic mass is 16.4. The van der Waals surface area contributed by atoms with Crippen molar-refractivity contribution in [3.05, 3.63) is 24.0 Å². The molecule has 2 aromatic heterocycles. The molecule has 0 aromatic carbocycles. The second-order valence-corrected chi connectivity index (χ2v) is 2.90. The average Bonchev–Trinajstić information content (AvgIpc) is 2.86. The monoisotopic (exact) mass is 222 g/mol. The van der Waals surface area contributed by atoms with E-state index in [1.165, 1.54) is 12.4 Å². The molecule has 0 unspecified atom stereocenters. The first-order valence-electron chi connectivity index (χ1n) is 4.15. The molecule has 0 spiro atoms. The molecule has 2 rings (SSSR count). The lowest BCUT2D eigenvalue weighted by Crippen LogP contribution is -1.99. The second-order valence-electron chi connectivity index (χ2n) is 2.90. The standard InChI is InChI=1S/C8H6N4O4/c13-7(14)5-9-1-3(11-5)4-2-10-6(12-4)8(15)16/h1-2H,(H,9,11)(H,10,12)(H,13,14)(H,15,16). The number of nitrogens with zero attached hydrogens (tertiary/aromatic N) is 2. The van der Waals surface area contributed by atoms with E-state index in [1.807, 2.05) is 0 Å². The topological polar surface area (TPSA) is 132 Å². The maximum Gasteiger partial charge on any atom is 0.371 e. The number of aromatic carboxylic acids is 2. The Kier molecular flexibility index (Phi) is 2.16. The summed E-state index contributed by atoms with van der Waals surface area (Å²) in [5.74, 6) is -2.82. The van der Waals surface area contributed by atoms with E-state index in [-0.39, 0.29) is 11.6 Å². The molecule has 0 atom stereocenters. The van der Waals surface area contributed by atoms with Crippen molar-refractivity contribution < 1.29 is 19.8 Å². The van der Waals surface area contributed by atoms with Gasteiger partial charge in [-0.3, -0.25) is 0 Å². The predicted molar refractivity (Wildman–Crippen MR) is 50.1 cm³/mol. The van der Waals surface area contributed by atoms with Crippen LogP contribution >= 0.6 is 0 Å². The molecule has 2 aromatic rings. The van der Waals surface area contributed by atoms with Crippen LogP contribution in [0, 0.1) is 0 Å². The molecule has 2 heterocycles. The normalized spacial score (nSPS) is 10.2. The molecule has 16 heavy (non-hydrogen) atoms. The van der Waals surface area contributed by atoms with Crippen LogP contribution < -0.4 is 0 Å². The van der Waals surface area contributed by atoms with E-state index in [0.29, 0.717) is 11.4 Å². The molecule has 0 amide bonds. The fourth-order valence-corrected chi connectivity index (χ4v) is 1.13. The Morgan fingerprint density at radius 2 is 1.31 bits per heavy atom.